The van der Waals surface area contributed by atoms with Crippen LogP contribution in [0.15, 0.2) is 0 Å². The molecule has 0 saturated carbocycles. The molecule has 8 heteroatoms. The van der Waals surface area contributed by atoms with Crippen LogP contribution >= 0.6 is 0 Å². The van der Waals surface area contributed by atoms with Gasteiger partial charge in [0.15, 0.2) is 6.10 Å². The van der Waals surface area contributed by atoms with Crippen molar-refractivity contribution in [1.29, 1.82) is 0 Å². The second-order valence-corrected chi connectivity index (χ2v) is 8.73. The van der Waals surface area contributed by atoms with Crippen molar-refractivity contribution >= 4 is 17.9 Å². The Bertz CT molecular complexity index is 523. The molecule has 3 atom stereocenters. The standard InChI is InChI=1S/C25H46O8/c1-4-5-6-7-8-9-10-11-12-13-14-22(29)15-16-23(32-21(3)28)17-25(30)33-24(18-26)19-31-20(2)27/h22-24,26,29H,4-19H2,1-3H3. The maximum atomic E-state index is 12.1. The van der Waals surface area contributed by atoms with Gasteiger partial charge >= 0.3 is 17.9 Å². The van der Waals surface area contributed by atoms with Crippen molar-refractivity contribution in [2.75, 3.05) is 13.2 Å². The summed E-state index contributed by atoms with van der Waals surface area (Å²) in [6.07, 6.45) is 11.4. The number of esters is 3. The van der Waals surface area contributed by atoms with Crippen LogP contribution in [-0.4, -0.2) is 59.6 Å². The van der Waals surface area contributed by atoms with Crippen LogP contribution in [0, 0.1) is 0 Å². The number of ether oxygens (including phenoxy) is 3. The van der Waals surface area contributed by atoms with Gasteiger partial charge in [-0.15, -0.1) is 0 Å². The Morgan fingerprint density at radius 2 is 1.30 bits per heavy atom. The summed E-state index contributed by atoms with van der Waals surface area (Å²) in [7, 11) is 0. The molecule has 0 aliphatic carbocycles. The molecule has 8 nitrogen and oxygen atoms in total. The van der Waals surface area contributed by atoms with E-state index in [4.69, 9.17) is 14.2 Å². The molecule has 0 aromatic carbocycles. The molecular weight excluding hydrogens is 428 g/mol. The number of hydrogen-bond acceptors (Lipinski definition) is 8. The van der Waals surface area contributed by atoms with Gasteiger partial charge < -0.3 is 24.4 Å². The minimum atomic E-state index is -0.971. The molecule has 3 unspecified atom stereocenters. The van der Waals surface area contributed by atoms with E-state index >= 15 is 0 Å². The fraction of sp³-hybridized carbons (Fsp3) is 0.880. The minimum absolute atomic E-state index is 0.193. The molecular formula is C25H46O8. The quantitative estimate of drug-likeness (QED) is 0.144. The number of unbranched alkanes of at least 4 members (excludes halogenated alkanes) is 9. The van der Waals surface area contributed by atoms with Gasteiger partial charge in [0.2, 0.25) is 0 Å². The largest absolute Gasteiger partial charge is 0.462 e. The molecule has 0 bridgehead atoms. The van der Waals surface area contributed by atoms with Gasteiger partial charge in [-0.1, -0.05) is 71.1 Å². The van der Waals surface area contributed by atoms with E-state index < -0.39 is 42.8 Å². The minimum Gasteiger partial charge on any atom is -0.462 e. The summed E-state index contributed by atoms with van der Waals surface area (Å²) in [4.78, 5) is 34.4. The van der Waals surface area contributed by atoms with Crippen LogP contribution in [0.1, 0.15) is 111 Å². The van der Waals surface area contributed by atoms with Gasteiger partial charge in [0, 0.05) is 13.8 Å². The molecule has 2 N–H and O–H groups in total. The lowest BCUT2D eigenvalue weighted by molar-refractivity contribution is -0.164. The Morgan fingerprint density at radius 3 is 1.82 bits per heavy atom. The van der Waals surface area contributed by atoms with Gasteiger partial charge in [-0.3, -0.25) is 14.4 Å². The Morgan fingerprint density at radius 1 is 0.727 bits per heavy atom. The average Bonchev–Trinajstić information content (AvgIpc) is 2.75. The third-order valence-corrected chi connectivity index (χ3v) is 5.41. The predicted molar refractivity (Wildman–Crippen MR) is 125 cm³/mol. The van der Waals surface area contributed by atoms with E-state index in [-0.39, 0.29) is 13.0 Å². The summed E-state index contributed by atoms with van der Waals surface area (Å²) in [5, 5.41) is 19.5. The van der Waals surface area contributed by atoms with Gasteiger partial charge in [0.05, 0.1) is 19.1 Å². The molecule has 0 aromatic heterocycles. The highest BCUT2D eigenvalue weighted by Crippen LogP contribution is 2.16. The zero-order chi connectivity index (χ0) is 24.9. The van der Waals surface area contributed by atoms with E-state index in [1.54, 1.807) is 0 Å². The number of carbonyl (C=O) groups is 3. The summed E-state index contributed by atoms with van der Waals surface area (Å²) in [5.74, 6) is -1.73. The highest BCUT2D eigenvalue weighted by Gasteiger charge is 2.22. The van der Waals surface area contributed by atoms with Crippen molar-refractivity contribution in [1.82, 2.24) is 0 Å². The lowest BCUT2D eigenvalue weighted by Gasteiger charge is -2.20. The first-order chi connectivity index (χ1) is 15.8. The van der Waals surface area contributed by atoms with E-state index in [1.807, 2.05) is 0 Å². The summed E-state index contributed by atoms with van der Waals surface area (Å²) in [6, 6.07) is 0. The van der Waals surface area contributed by atoms with Crippen molar-refractivity contribution < 1.29 is 38.8 Å². The van der Waals surface area contributed by atoms with Crippen molar-refractivity contribution in [2.24, 2.45) is 0 Å². The summed E-state index contributed by atoms with van der Waals surface area (Å²) in [6.45, 7) is 3.97. The molecule has 0 radical (unpaired) electrons. The molecule has 33 heavy (non-hydrogen) atoms. The maximum absolute atomic E-state index is 12.1. The predicted octanol–water partition coefficient (Wildman–Crippen LogP) is 4.23. The topological polar surface area (TPSA) is 119 Å². The molecule has 0 rings (SSSR count). The average molecular weight is 475 g/mol. The Labute approximate surface area is 199 Å². The maximum Gasteiger partial charge on any atom is 0.310 e. The highest BCUT2D eigenvalue weighted by molar-refractivity contribution is 5.71. The van der Waals surface area contributed by atoms with Crippen molar-refractivity contribution in [3.63, 3.8) is 0 Å². The zero-order valence-corrected chi connectivity index (χ0v) is 20.9. The SMILES string of the molecule is CCCCCCCCCCCCC(O)CCC(CC(=O)OC(CO)COC(C)=O)OC(C)=O. The molecule has 0 aliphatic rings. The third-order valence-electron chi connectivity index (χ3n) is 5.41. The molecule has 0 aliphatic heterocycles. The second kappa shape index (κ2) is 20.9. The smallest absolute Gasteiger partial charge is 0.310 e. The Kier molecular flexibility index (Phi) is 19.8. The fourth-order valence-electron chi connectivity index (χ4n) is 3.58. The first kappa shape index (κ1) is 31.3. The number of aliphatic hydroxyl groups is 2. The summed E-state index contributed by atoms with van der Waals surface area (Å²) >= 11 is 0. The Balaban J connectivity index is 4.11. The molecule has 0 saturated heterocycles. The normalized spacial score (nSPS) is 13.7. The Hall–Kier alpha value is -1.67. The summed E-state index contributed by atoms with van der Waals surface area (Å²) in [5.41, 5.74) is 0. The van der Waals surface area contributed by atoms with E-state index in [2.05, 4.69) is 6.92 Å². The van der Waals surface area contributed by atoms with Crippen LogP contribution in [0.4, 0.5) is 0 Å². The van der Waals surface area contributed by atoms with Crippen LogP contribution in [0.2, 0.25) is 0 Å². The number of hydrogen-bond donors (Lipinski definition) is 2. The van der Waals surface area contributed by atoms with Crippen molar-refractivity contribution in [3.8, 4) is 0 Å². The highest BCUT2D eigenvalue weighted by atomic mass is 16.6. The molecule has 0 fully saturated rings. The molecule has 0 spiro atoms. The molecule has 0 aromatic rings. The van der Waals surface area contributed by atoms with E-state index in [0.717, 1.165) is 12.8 Å². The van der Waals surface area contributed by atoms with E-state index in [0.29, 0.717) is 19.3 Å². The van der Waals surface area contributed by atoms with Crippen LogP contribution in [0.3, 0.4) is 0 Å². The van der Waals surface area contributed by atoms with Crippen LogP contribution < -0.4 is 0 Å². The lowest BCUT2D eigenvalue weighted by atomic mass is 10.0. The van der Waals surface area contributed by atoms with Gasteiger partial charge in [-0.2, -0.15) is 0 Å². The molecule has 0 amide bonds. The van der Waals surface area contributed by atoms with Crippen molar-refractivity contribution in [2.45, 2.75) is 129 Å². The fourth-order valence-corrected chi connectivity index (χ4v) is 3.58. The number of aliphatic hydroxyl groups excluding tert-OH is 2. The van der Waals surface area contributed by atoms with Crippen molar-refractivity contribution in [3.05, 3.63) is 0 Å². The van der Waals surface area contributed by atoms with Crippen LogP contribution in [-0.2, 0) is 28.6 Å². The molecule has 194 valence electrons. The number of rotatable bonds is 21. The van der Waals surface area contributed by atoms with Gasteiger partial charge in [0.25, 0.3) is 0 Å². The zero-order valence-electron chi connectivity index (χ0n) is 20.9. The monoisotopic (exact) mass is 474 g/mol. The second-order valence-electron chi connectivity index (χ2n) is 8.73. The number of carbonyl (C=O) groups excluding carboxylic acids is 3. The third kappa shape index (κ3) is 20.7. The van der Waals surface area contributed by atoms with Gasteiger partial charge in [0.1, 0.15) is 12.7 Å². The lowest BCUT2D eigenvalue weighted by Crippen LogP contribution is -2.30. The summed E-state index contributed by atoms with van der Waals surface area (Å²) < 4.78 is 15.0. The van der Waals surface area contributed by atoms with Gasteiger partial charge in [-0.25, -0.2) is 0 Å². The van der Waals surface area contributed by atoms with E-state index in [9.17, 15) is 24.6 Å². The van der Waals surface area contributed by atoms with Crippen LogP contribution in [0.25, 0.3) is 0 Å². The molecule has 0 heterocycles. The first-order valence-corrected chi connectivity index (χ1v) is 12.6. The first-order valence-electron chi connectivity index (χ1n) is 12.6. The van der Waals surface area contributed by atoms with Crippen LogP contribution in [0.5, 0.6) is 0 Å². The van der Waals surface area contributed by atoms with Gasteiger partial charge in [-0.05, 0) is 19.3 Å². The van der Waals surface area contributed by atoms with E-state index in [1.165, 1.54) is 65.2 Å².